The lowest BCUT2D eigenvalue weighted by Gasteiger charge is -2.30. The summed E-state index contributed by atoms with van der Waals surface area (Å²) in [4.78, 5) is 11.3. The maximum atomic E-state index is 12.6. The number of halogens is 5. The van der Waals surface area contributed by atoms with Crippen molar-refractivity contribution >= 4 is 29.2 Å². The minimum Gasteiger partial charge on any atom is -0.458 e. The Hall–Kier alpha value is -0.160. The molecule has 2 aliphatic rings. The topological polar surface area (TPSA) is 26.3 Å². The summed E-state index contributed by atoms with van der Waals surface area (Å²) in [5, 5.41) is 0. The van der Waals surface area contributed by atoms with E-state index in [1.54, 1.807) is 13.8 Å². The van der Waals surface area contributed by atoms with Gasteiger partial charge in [0.1, 0.15) is 6.10 Å². The molecule has 0 spiro atoms. The van der Waals surface area contributed by atoms with Crippen LogP contribution in [0.3, 0.4) is 0 Å². The van der Waals surface area contributed by atoms with Crippen LogP contribution in [0.15, 0.2) is 0 Å². The second-order valence-corrected chi connectivity index (χ2v) is 6.19. The van der Waals surface area contributed by atoms with Crippen molar-refractivity contribution < 1.29 is 22.7 Å². The molecule has 0 bridgehead atoms. The lowest BCUT2D eigenvalue weighted by atomic mass is 10.0. The van der Waals surface area contributed by atoms with Crippen LogP contribution < -0.4 is 0 Å². The fourth-order valence-electron chi connectivity index (χ4n) is 2.43. The Labute approximate surface area is 100 Å². The fourth-order valence-corrected chi connectivity index (χ4v) is 2.79. The van der Waals surface area contributed by atoms with Crippen molar-refractivity contribution in [2.45, 2.75) is 30.5 Å². The van der Waals surface area contributed by atoms with Gasteiger partial charge in [0.25, 0.3) is 0 Å². The van der Waals surface area contributed by atoms with Crippen LogP contribution in [0.2, 0.25) is 0 Å². The molecule has 92 valence electrons. The number of carbonyl (C=O) groups excluding carboxylic acids is 1. The molecule has 0 aromatic rings. The standard InChI is InChI=1S/C9H9Cl2F3O2/c1-7(2)3-4(7)6(15)16-5(3)8(10,11)9(12,13)14/h3-5H,1-2H3/t3-,4+,5?/m1/s1. The zero-order valence-corrected chi connectivity index (χ0v) is 9.95. The summed E-state index contributed by atoms with van der Waals surface area (Å²) in [6.45, 7) is 3.41. The molecule has 1 saturated carbocycles. The molecule has 1 aliphatic heterocycles. The predicted molar refractivity (Wildman–Crippen MR) is 51.1 cm³/mol. The zero-order valence-electron chi connectivity index (χ0n) is 8.44. The number of alkyl halides is 5. The molecule has 1 heterocycles. The van der Waals surface area contributed by atoms with E-state index in [0.717, 1.165) is 0 Å². The minimum atomic E-state index is -4.82. The average molecular weight is 277 g/mol. The molecule has 16 heavy (non-hydrogen) atoms. The summed E-state index contributed by atoms with van der Waals surface area (Å²) in [6.07, 6.45) is -6.34. The van der Waals surface area contributed by atoms with Crippen LogP contribution in [-0.2, 0) is 9.53 Å². The molecule has 2 nitrogen and oxygen atoms in total. The number of fused-ring (bicyclic) bond motifs is 1. The second kappa shape index (κ2) is 2.99. The monoisotopic (exact) mass is 276 g/mol. The van der Waals surface area contributed by atoms with Crippen molar-refractivity contribution in [3.05, 3.63) is 0 Å². The lowest BCUT2D eigenvalue weighted by Crippen LogP contribution is -2.47. The minimum absolute atomic E-state index is 0.514. The summed E-state index contributed by atoms with van der Waals surface area (Å²) in [7, 11) is 0. The lowest BCUT2D eigenvalue weighted by molar-refractivity contribution is -0.176. The number of cyclic esters (lactones) is 1. The van der Waals surface area contributed by atoms with Gasteiger partial charge in [0, 0.05) is 5.92 Å². The quantitative estimate of drug-likeness (QED) is 0.544. The maximum absolute atomic E-state index is 12.6. The van der Waals surface area contributed by atoms with Gasteiger partial charge >= 0.3 is 12.1 Å². The molecule has 0 aromatic carbocycles. The van der Waals surface area contributed by atoms with E-state index in [1.807, 2.05) is 0 Å². The van der Waals surface area contributed by atoms with Crippen LogP contribution in [0.1, 0.15) is 13.8 Å². The zero-order chi connectivity index (χ0) is 12.5. The Balaban J connectivity index is 2.29. The van der Waals surface area contributed by atoms with Gasteiger partial charge in [-0.25, -0.2) is 0 Å². The number of esters is 1. The van der Waals surface area contributed by atoms with Gasteiger partial charge in [0.05, 0.1) is 5.92 Å². The van der Waals surface area contributed by atoms with E-state index in [1.165, 1.54) is 0 Å². The van der Waals surface area contributed by atoms with Crippen molar-refractivity contribution in [2.75, 3.05) is 0 Å². The van der Waals surface area contributed by atoms with Gasteiger partial charge in [-0.15, -0.1) is 0 Å². The molecule has 0 amide bonds. The van der Waals surface area contributed by atoms with Crippen molar-refractivity contribution in [1.29, 1.82) is 0 Å². The molecule has 2 fully saturated rings. The number of ether oxygens (including phenoxy) is 1. The van der Waals surface area contributed by atoms with Gasteiger partial charge in [0.2, 0.25) is 4.33 Å². The summed E-state index contributed by atoms with van der Waals surface area (Å²) >= 11 is 10.6. The highest BCUT2D eigenvalue weighted by Crippen LogP contribution is 2.68. The number of rotatable bonds is 1. The van der Waals surface area contributed by atoms with Crippen LogP contribution in [0, 0.1) is 17.3 Å². The van der Waals surface area contributed by atoms with Gasteiger partial charge < -0.3 is 4.74 Å². The first-order chi connectivity index (χ1) is 7.01. The average Bonchev–Trinajstić information content (AvgIpc) is 2.48. The van der Waals surface area contributed by atoms with Crippen molar-refractivity contribution in [3.8, 4) is 0 Å². The van der Waals surface area contributed by atoms with Crippen molar-refractivity contribution in [3.63, 3.8) is 0 Å². The maximum Gasteiger partial charge on any atom is 0.425 e. The highest BCUT2D eigenvalue weighted by Gasteiger charge is 2.78. The predicted octanol–water partition coefficient (Wildman–Crippen LogP) is 2.92. The van der Waals surface area contributed by atoms with Gasteiger partial charge in [-0.1, -0.05) is 37.0 Å². The van der Waals surface area contributed by atoms with E-state index in [-0.39, 0.29) is 0 Å². The molecule has 0 aromatic heterocycles. The smallest absolute Gasteiger partial charge is 0.425 e. The number of carbonyl (C=O) groups is 1. The third-order valence-corrected chi connectivity index (χ3v) is 4.33. The highest BCUT2D eigenvalue weighted by atomic mass is 35.5. The number of hydrogen-bond donors (Lipinski definition) is 0. The molecule has 3 atom stereocenters. The van der Waals surface area contributed by atoms with E-state index in [2.05, 4.69) is 4.74 Å². The normalized spacial score (nSPS) is 36.9. The van der Waals surface area contributed by atoms with Crippen LogP contribution in [0.25, 0.3) is 0 Å². The summed E-state index contributed by atoms with van der Waals surface area (Å²) < 4.78 is 39.4. The molecule has 1 unspecified atom stereocenters. The molecule has 0 N–H and O–H groups in total. The molecule has 1 saturated heterocycles. The third kappa shape index (κ3) is 1.37. The molecular formula is C9H9Cl2F3O2. The molecule has 2 rings (SSSR count). The Morgan fingerprint density at radius 1 is 1.31 bits per heavy atom. The van der Waals surface area contributed by atoms with Crippen LogP contribution >= 0.6 is 23.2 Å². The molecular weight excluding hydrogens is 268 g/mol. The Bertz CT molecular complexity index is 351. The van der Waals surface area contributed by atoms with Crippen LogP contribution in [0.5, 0.6) is 0 Å². The summed E-state index contributed by atoms with van der Waals surface area (Å²) in [5.74, 6) is -1.72. The second-order valence-electron chi connectivity index (χ2n) is 4.80. The van der Waals surface area contributed by atoms with Crippen molar-refractivity contribution in [1.82, 2.24) is 0 Å². The van der Waals surface area contributed by atoms with Gasteiger partial charge in [-0.3, -0.25) is 4.79 Å². The van der Waals surface area contributed by atoms with E-state index in [9.17, 15) is 18.0 Å². The first-order valence-corrected chi connectivity index (χ1v) is 5.42. The Morgan fingerprint density at radius 2 is 1.81 bits per heavy atom. The van der Waals surface area contributed by atoms with Gasteiger partial charge in [0.15, 0.2) is 0 Å². The fraction of sp³-hybridized carbons (Fsp3) is 0.889. The molecule has 7 heteroatoms. The summed E-state index contributed by atoms with van der Waals surface area (Å²) in [6, 6.07) is 0. The van der Waals surface area contributed by atoms with E-state index in [0.29, 0.717) is 0 Å². The van der Waals surface area contributed by atoms with Crippen LogP contribution in [-0.4, -0.2) is 22.6 Å². The van der Waals surface area contributed by atoms with Gasteiger partial charge in [-0.05, 0) is 5.41 Å². The molecule has 0 radical (unpaired) electrons. The van der Waals surface area contributed by atoms with E-state index in [4.69, 9.17) is 23.2 Å². The Morgan fingerprint density at radius 3 is 2.12 bits per heavy atom. The van der Waals surface area contributed by atoms with Crippen molar-refractivity contribution in [2.24, 2.45) is 17.3 Å². The molecule has 1 aliphatic carbocycles. The first-order valence-electron chi connectivity index (χ1n) is 4.66. The first kappa shape index (κ1) is 12.3. The Kier molecular flexibility index (Phi) is 2.30. The van der Waals surface area contributed by atoms with Crippen LogP contribution in [0.4, 0.5) is 13.2 Å². The van der Waals surface area contributed by atoms with E-state index < -0.39 is 39.8 Å². The highest BCUT2D eigenvalue weighted by molar-refractivity contribution is 6.49. The van der Waals surface area contributed by atoms with E-state index >= 15 is 0 Å². The van der Waals surface area contributed by atoms with Gasteiger partial charge in [-0.2, -0.15) is 13.2 Å². The largest absolute Gasteiger partial charge is 0.458 e. The SMILES string of the molecule is CC1(C)[C@@H]2C(=O)OC(C(Cl)(Cl)C(F)(F)F)[C@@H]21. The third-order valence-electron chi connectivity index (χ3n) is 3.47. The number of hydrogen-bond acceptors (Lipinski definition) is 2. The summed E-state index contributed by atoms with van der Waals surface area (Å²) in [5.41, 5.74) is -0.514.